The van der Waals surface area contributed by atoms with E-state index in [0.29, 0.717) is 6.07 Å². The zero-order valence-electron chi connectivity index (χ0n) is 25.2. The Bertz CT molecular complexity index is 1660. The van der Waals surface area contributed by atoms with Crippen LogP contribution in [0.1, 0.15) is 56.2 Å². The van der Waals surface area contributed by atoms with Gasteiger partial charge in [-0.15, -0.1) is 0 Å². The van der Waals surface area contributed by atoms with Crippen LogP contribution in [0.25, 0.3) is 0 Å². The molecule has 3 aliphatic rings. The lowest BCUT2D eigenvalue weighted by atomic mass is 9.74. The van der Waals surface area contributed by atoms with Crippen molar-refractivity contribution in [1.82, 2.24) is 10.2 Å². The van der Waals surface area contributed by atoms with Gasteiger partial charge >= 0.3 is 18.0 Å². The number of likely N-dealkylation sites (tertiary alicyclic amines) is 1. The molecule has 2 N–H and O–H groups in total. The van der Waals surface area contributed by atoms with Crippen molar-refractivity contribution in [2.75, 3.05) is 13.1 Å². The van der Waals surface area contributed by atoms with Crippen molar-refractivity contribution in [3.63, 3.8) is 0 Å². The second-order valence-electron chi connectivity index (χ2n) is 13.2. The molecule has 2 aliphatic carbocycles. The van der Waals surface area contributed by atoms with Crippen LogP contribution in [-0.4, -0.2) is 67.3 Å². The van der Waals surface area contributed by atoms with Crippen LogP contribution in [0, 0.1) is 17.7 Å². The molecule has 0 unspecified atom stereocenters. The Morgan fingerprint density at radius 1 is 1.00 bits per heavy atom. The molecular formula is C31H32F8N2O5S. The van der Waals surface area contributed by atoms with Crippen LogP contribution < -0.4 is 5.32 Å². The Balaban J connectivity index is 1.55. The van der Waals surface area contributed by atoms with Gasteiger partial charge in [0.15, 0.2) is 9.84 Å². The number of aliphatic hydroxyl groups is 1. The third-order valence-electron chi connectivity index (χ3n) is 9.47. The largest absolute Gasteiger partial charge is 0.435 e. The Kier molecular flexibility index (Phi) is 8.51. The van der Waals surface area contributed by atoms with Gasteiger partial charge in [-0.2, -0.15) is 26.3 Å². The Morgan fingerprint density at radius 3 is 2.19 bits per heavy atom. The van der Waals surface area contributed by atoms with Crippen molar-refractivity contribution in [3.8, 4) is 0 Å². The normalized spacial score (nSPS) is 25.5. The van der Waals surface area contributed by atoms with Crippen molar-refractivity contribution in [2.45, 2.75) is 85.3 Å². The average molecular weight is 697 g/mol. The lowest BCUT2D eigenvalue weighted by Crippen LogP contribution is -2.51. The molecule has 0 bridgehead atoms. The van der Waals surface area contributed by atoms with Crippen molar-refractivity contribution in [2.24, 2.45) is 11.8 Å². The number of fused-ring (bicyclic) bond motifs is 3. The summed E-state index contributed by atoms with van der Waals surface area (Å²) in [6.07, 6.45) is -13.4. The van der Waals surface area contributed by atoms with Crippen LogP contribution in [0.15, 0.2) is 47.4 Å². The number of benzene rings is 2. The molecule has 5 rings (SSSR count). The van der Waals surface area contributed by atoms with Gasteiger partial charge in [-0.25, -0.2) is 17.2 Å². The quantitative estimate of drug-likeness (QED) is 0.305. The number of alkyl halides is 7. The summed E-state index contributed by atoms with van der Waals surface area (Å²) in [7, 11) is -4.57. The van der Waals surface area contributed by atoms with E-state index >= 15 is 4.39 Å². The molecule has 47 heavy (non-hydrogen) atoms. The Hall–Kier alpha value is -3.27. The van der Waals surface area contributed by atoms with Gasteiger partial charge in [0.25, 0.3) is 0 Å². The van der Waals surface area contributed by atoms with E-state index < -0.39 is 73.4 Å². The van der Waals surface area contributed by atoms with E-state index in [2.05, 4.69) is 5.32 Å². The second-order valence-corrected chi connectivity index (χ2v) is 15.4. The number of hydrogen-bond donors (Lipinski definition) is 2. The van der Waals surface area contributed by atoms with Gasteiger partial charge in [0.1, 0.15) is 10.6 Å². The van der Waals surface area contributed by atoms with E-state index in [-0.39, 0.29) is 73.2 Å². The number of nitrogens with zero attached hydrogens (tertiary/aromatic N) is 1. The molecule has 2 aromatic carbocycles. The summed E-state index contributed by atoms with van der Waals surface area (Å²) in [5.74, 6) is -3.45. The van der Waals surface area contributed by atoms with E-state index in [4.69, 9.17) is 0 Å². The maximum Gasteiger partial charge on any atom is 0.435 e. The first-order chi connectivity index (χ1) is 21.5. The summed E-state index contributed by atoms with van der Waals surface area (Å²) in [6, 6.07) is 4.39. The third kappa shape index (κ3) is 5.78. The fraction of sp³-hybridized carbons (Fsp3) is 0.548. The number of β-amino-alcohol motifs (C(OH)–C–C–N with tert-alkyl or cyclic N) is 1. The molecule has 16 heteroatoms. The van der Waals surface area contributed by atoms with Gasteiger partial charge in [0.2, 0.25) is 11.8 Å². The number of sulfone groups is 1. The zero-order valence-corrected chi connectivity index (χ0v) is 26.0. The van der Waals surface area contributed by atoms with Crippen molar-refractivity contribution in [1.29, 1.82) is 0 Å². The summed E-state index contributed by atoms with van der Waals surface area (Å²) < 4.78 is 137. The molecule has 0 aromatic heterocycles. The van der Waals surface area contributed by atoms with Crippen LogP contribution in [0.2, 0.25) is 0 Å². The topological polar surface area (TPSA) is 104 Å². The lowest BCUT2D eigenvalue weighted by molar-refractivity contribution is -0.348. The predicted octanol–water partition coefficient (Wildman–Crippen LogP) is 5.24. The maximum atomic E-state index is 15.0. The zero-order chi connectivity index (χ0) is 35.0. The van der Waals surface area contributed by atoms with E-state index in [1.54, 1.807) is 0 Å². The minimum Gasteiger partial charge on any atom is -0.389 e. The van der Waals surface area contributed by atoms with Crippen LogP contribution >= 0.6 is 0 Å². The van der Waals surface area contributed by atoms with Crippen LogP contribution in [0.3, 0.4) is 0 Å². The standard InChI is InChI=1S/C31H32F8N2O5S/c1-27(2,44)16-41-15-18(14-25(41)42)26(43)40-24-11-12-28(47(45,46)21-7-5-20(32)6-8-21)22-10-4-19(13-17(22)3-9-23(24)28)29(33,30(34,35)36)31(37,38)39/h4-8,10,13,18,23-24,44H,3,9,11-12,14-16H2,1-2H3,(H,40,43)/t18-,23-,24+,28+/m0/s1. The molecule has 2 amide bonds. The first-order valence-corrected chi connectivity index (χ1v) is 16.3. The fourth-order valence-electron chi connectivity index (χ4n) is 7.42. The molecule has 4 atom stereocenters. The number of hydrogen-bond acceptors (Lipinski definition) is 5. The minimum atomic E-state index is -6.37. The molecule has 2 fully saturated rings. The number of carbonyl (C=O) groups excluding carboxylic acids is 2. The van der Waals surface area contributed by atoms with E-state index in [9.17, 15) is 53.8 Å². The Labute approximate surface area is 265 Å². The Morgan fingerprint density at radius 2 is 1.62 bits per heavy atom. The minimum absolute atomic E-state index is 0.0000656. The van der Waals surface area contributed by atoms with Gasteiger partial charge < -0.3 is 15.3 Å². The number of rotatable bonds is 7. The number of halogens is 8. The highest BCUT2D eigenvalue weighted by Gasteiger charge is 2.74. The monoisotopic (exact) mass is 696 g/mol. The van der Waals surface area contributed by atoms with E-state index in [0.717, 1.165) is 30.3 Å². The third-order valence-corrected chi connectivity index (χ3v) is 12.0. The van der Waals surface area contributed by atoms with Gasteiger partial charge in [0.05, 0.1) is 16.4 Å². The van der Waals surface area contributed by atoms with Gasteiger partial charge in [-0.1, -0.05) is 18.2 Å². The molecule has 7 nitrogen and oxygen atoms in total. The smallest absolute Gasteiger partial charge is 0.389 e. The highest BCUT2D eigenvalue weighted by molar-refractivity contribution is 7.92. The van der Waals surface area contributed by atoms with Gasteiger partial charge in [-0.3, -0.25) is 9.59 Å². The molecule has 1 heterocycles. The molecule has 1 saturated carbocycles. The molecule has 0 radical (unpaired) electrons. The SMILES string of the molecule is CC(C)(O)CN1C[C@@H](C(=O)N[C@@H]2CC[C@@]3(S(=O)(=O)c4ccc(F)cc4)c4ccc(C(F)(C(F)(F)F)C(F)(F)F)cc4CC[C@@H]23)CC1=O. The second kappa shape index (κ2) is 11.4. The molecule has 1 aliphatic heterocycles. The van der Waals surface area contributed by atoms with E-state index in [1.807, 2.05) is 0 Å². The van der Waals surface area contributed by atoms with Gasteiger partial charge in [0, 0.05) is 37.0 Å². The van der Waals surface area contributed by atoms with Crippen LogP contribution in [0.4, 0.5) is 35.1 Å². The highest BCUT2D eigenvalue weighted by Crippen LogP contribution is 2.59. The van der Waals surface area contributed by atoms with E-state index in [1.165, 1.54) is 18.7 Å². The summed E-state index contributed by atoms with van der Waals surface area (Å²) in [4.78, 5) is 26.9. The number of carbonyl (C=O) groups is 2. The number of aryl methyl sites for hydroxylation is 1. The first kappa shape index (κ1) is 35.0. The lowest BCUT2D eigenvalue weighted by Gasteiger charge is -2.43. The summed E-state index contributed by atoms with van der Waals surface area (Å²) in [6.45, 7) is 2.97. The highest BCUT2D eigenvalue weighted by atomic mass is 32.2. The molecule has 1 saturated heterocycles. The van der Waals surface area contributed by atoms with Crippen molar-refractivity contribution in [3.05, 3.63) is 65.0 Å². The van der Waals surface area contributed by atoms with Crippen LogP contribution in [-0.2, 0) is 36.3 Å². The van der Waals surface area contributed by atoms with Crippen molar-refractivity contribution < 1.29 is 58.2 Å². The molecular weight excluding hydrogens is 664 g/mol. The summed E-state index contributed by atoms with van der Waals surface area (Å²) in [5, 5.41) is 12.9. The predicted molar refractivity (Wildman–Crippen MR) is 151 cm³/mol. The van der Waals surface area contributed by atoms with Crippen molar-refractivity contribution >= 4 is 21.7 Å². The number of nitrogens with one attached hydrogen (secondary N) is 1. The molecule has 258 valence electrons. The first-order valence-electron chi connectivity index (χ1n) is 14.8. The molecule has 2 aromatic rings. The fourth-order valence-corrected chi connectivity index (χ4v) is 9.89. The van der Waals surface area contributed by atoms with Crippen LogP contribution in [0.5, 0.6) is 0 Å². The molecule has 0 spiro atoms. The summed E-state index contributed by atoms with van der Waals surface area (Å²) in [5.41, 5.74) is -9.04. The maximum absolute atomic E-state index is 15.0. The average Bonchev–Trinajstić information content (AvgIpc) is 3.51. The summed E-state index contributed by atoms with van der Waals surface area (Å²) >= 11 is 0. The number of amides is 2. The van der Waals surface area contributed by atoms with Gasteiger partial charge in [-0.05, 0) is 74.9 Å².